The number of carbonyl (C=O) groups excluding carboxylic acids is 1. The first-order valence-electron chi connectivity index (χ1n) is 10.3. The van der Waals surface area contributed by atoms with Gasteiger partial charge in [-0.25, -0.2) is 9.78 Å². The highest BCUT2D eigenvalue weighted by Crippen LogP contribution is 2.15. The number of aryl methyl sites for hydroxylation is 1. The number of carbonyl (C=O) groups is 1. The number of aromatic amines is 1. The van der Waals surface area contributed by atoms with Gasteiger partial charge in [0.05, 0.1) is 28.1 Å². The molecule has 32 heavy (non-hydrogen) atoms. The zero-order valence-corrected chi connectivity index (χ0v) is 17.8. The van der Waals surface area contributed by atoms with E-state index < -0.39 is 23.7 Å². The summed E-state index contributed by atoms with van der Waals surface area (Å²) in [6, 6.07) is 11.4. The molecule has 2 N–H and O–H groups in total. The molecule has 0 saturated carbocycles. The van der Waals surface area contributed by atoms with Gasteiger partial charge in [-0.05, 0) is 42.7 Å². The predicted octanol–water partition coefficient (Wildman–Crippen LogP) is 2.08. The summed E-state index contributed by atoms with van der Waals surface area (Å²) >= 11 is 0. The van der Waals surface area contributed by atoms with Crippen LogP contribution in [0.25, 0.3) is 21.8 Å². The lowest BCUT2D eigenvalue weighted by molar-refractivity contribution is -0.116. The molecule has 1 amide bonds. The maximum Gasteiger partial charge on any atom is 0.329 e. The van der Waals surface area contributed by atoms with Crippen molar-refractivity contribution >= 4 is 33.4 Å². The highest BCUT2D eigenvalue weighted by molar-refractivity contribution is 5.93. The Kier molecular flexibility index (Phi) is 5.72. The third-order valence-electron chi connectivity index (χ3n) is 5.25. The number of anilines is 1. The number of nitrogens with one attached hydrogen (secondary N) is 2. The molecule has 0 bridgehead atoms. The van der Waals surface area contributed by atoms with Crippen molar-refractivity contribution in [1.29, 1.82) is 0 Å². The maximum atomic E-state index is 12.8. The fourth-order valence-corrected chi connectivity index (χ4v) is 3.48. The van der Waals surface area contributed by atoms with Crippen LogP contribution in [-0.4, -0.2) is 25.0 Å². The molecule has 0 aliphatic rings. The van der Waals surface area contributed by atoms with Crippen LogP contribution in [0.3, 0.4) is 0 Å². The zero-order valence-electron chi connectivity index (χ0n) is 17.8. The highest BCUT2D eigenvalue weighted by Gasteiger charge is 2.12. The van der Waals surface area contributed by atoms with E-state index >= 15 is 0 Å². The number of aromatic nitrogens is 4. The van der Waals surface area contributed by atoms with Gasteiger partial charge in [-0.2, -0.15) is 0 Å². The summed E-state index contributed by atoms with van der Waals surface area (Å²) in [5.41, 5.74) is -0.0806. The molecule has 9 nitrogen and oxygen atoms in total. The molecule has 2 aromatic carbocycles. The van der Waals surface area contributed by atoms with Crippen molar-refractivity contribution in [3.05, 3.63) is 80.0 Å². The van der Waals surface area contributed by atoms with E-state index in [0.29, 0.717) is 40.0 Å². The van der Waals surface area contributed by atoms with Gasteiger partial charge in [0.1, 0.15) is 6.54 Å². The van der Waals surface area contributed by atoms with Crippen LogP contribution in [0.15, 0.2) is 63.2 Å². The standard InChI is InChI=1S/C23H23N5O4/c1-14(2)9-10-27-13-24-18-8-7-15(11-17(18)21(27)30)25-20(29)12-28-22(31)16-5-3-4-6-19(16)26-23(28)32/h3-8,11,13-14H,9-10,12H2,1-2H3,(H,25,29)(H,26,32). The van der Waals surface area contributed by atoms with Gasteiger partial charge in [-0.15, -0.1) is 0 Å². The topological polar surface area (TPSA) is 119 Å². The molecule has 4 aromatic rings. The molecule has 2 heterocycles. The lowest BCUT2D eigenvalue weighted by atomic mass is 10.1. The summed E-state index contributed by atoms with van der Waals surface area (Å²) in [5, 5.41) is 3.36. The molecule has 164 valence electrons. The number of para-hydroxylation sites is 1. The molecule has 0 unspecified atom stereocenters. The predicted molar refractivity (Wildman–Crippen MR) is 123 cm³/mol. The summed E-state index contributed by atoms with van der Waals surface area (Å²) in [6.45, 7) is 4.27. The minimum absolute atomic E-state index is 0.186. The number of hydrogen-bond donors (Lipinski definition) is 2. The number of H-pyrrole nitrogens is 1. The van der Waals surface area contributed by atoms with E-state index in [0.717, 1.165) is 11.0 Å². The Morgan fingerprint density at radius 1 is 1.06 bits per heavy atom. The van der Waals surface area contributed by atoms with Gasteiger partial charge in [0.2, 0.25) is 5.91 Å². The summed E-state index contributed by atoms with van der Waals surface area (Å²) in [7, 11) is 0. The lowest BCUT2D eigenvalue weighted by Gasteiger charge is -2.10. The van der Waals surface area contributed by atoms with Crippen molar-refractivity contribution in [3.8, 4) is 0 Å². The quantitative estimate of drug-likeness (QED) is 0.483. The first-order valence-corrected chi connectivity index (χ1v) is 10.3. The summed E-state index contributed by atoms with van der Waals surface area (Å²) in [6.07, 6.45) is 2.38. The number of benzene rings is 2. The Hall–Kier alpha value is -4.01. The second kappa shape index (κ2) is 8.62. The van der Waals surface area contributed by atoms with E-state index in [-0.39, 0.29) is 5.56 Å². The number of fused-ring (bicyclic) bond motifs is 2. The molecule has 4 rings (SSSR count). The van der Waals surface area contributed by atoms with Gasteiger partial charge >= 0.3 is 5.69 Å². The molecule has 0 radical (unpaired) electrons. The van der Waals surface area contributed by atoms with E-state index in [2.05, 4.69) is 29.1 Å². The van der Waals surface area contributed by atoms with Gasteiger partial charge in [0.15, 0.2) is 0 Å². The van der Waals surface area contributed by atoms with Crippen LogP contribution in [0.4, 0.5) is 5.69 Å². The third-order valence-corrected chi connectivity index (χ3v) is 5.25. The molecular formula is C23H23N5O4. The molecular weight excluding hydrogens is 410 g/mol. The minimum atomic E-state index is -0.667. The van der Waals surface area contributed by atoms with Gasteiger partial charge in [-0.1, -0.05) is 26.0 Å². The molecule has 0 aliphatic carbocycles. The number of nitrogens with zero attached hydrogens (tertiary/aromatic N) is 3. The Bertz CT molecular complexity index is 1500. The van der Waals surface area contributed by atoms with Crippen LogP contribution < -0.4 is 22.1 Å². The monoisotopic (exact) mass is 433 g/mol. The minimum Gasteiger partial charge on any atom is -0.325 e. The average molecular weight is 433 g/mol. The molecule has 2 aromatic heterocycles. The Morgan fingerprint density at radius 2 is 1.84 bits per heavy atom. The molecule has 0 saturated heterocycles. The molecule has 9 heteroatoms. The van der Waals surface area contributed by atoms with Gasteiger partial charge in [-0.3, -0.25) is 23.5 Å². The summed E-state index contributed by atoms with van der Waals surface area (Å²) in [5.74, 6) is -0.110. The van der Waals surface area contributed by atoms with Crippen molar-refractivity contribution < 1.29 is 4.79 Å². The van der Waals surface area contributed by atoms with Crippen LogP contribution in [0, 0.1) is 5.92 Å². The maximum absolute atomic E-state index is 12.8. The summed E-state index contributed by atoms with van der Waals surface area (Å²) in [4.78, 5) is 57.2. The number of rotatable bonds is 6. The Balaban J connectivity index is 1.60. The van der Waals surface area contributed by atoms with Crippen LogP contribution in [0.1, 0.15) is 20.3 Å². The van der Waals surface area contributed by atoms with E-state index in [1.807, 2.05) is 0 Å². The van der Waals surface area contributed by atoms with Gasteiger partial charge < -0.3 is 10.3 Å². The van der Waals surface area contributed by atoms with Crippen molar-refractivity contribution in [2.45, 2.75) is 33.4 Å². The van der Waals surface area contributed by atoms with Crippen LogP contribution in [0.5, 0.6) is 0 Å². The second-order valence-corrected chi connectivity index (χ2v) is 8.07. The summed E-state index contributed by atoms with van der Waals surface area (Å²) < 4.78 is 2.40. The Morgan fingerprint density at radius 3 is 2.62 bits per heavy atom. The second-order valence-electron chi connectivity index (χ2n) is 8.07. The number of hydrogen-bond acceptors (Lipinski definition) is 5. The van der Waals surface area contributed by atoms with Gasteiger partial charge in [0.25, 0.3) is 11.1 Å². The van der Waals surface area contributed by atoms with E-state index in [1.165, 1.54) is 6.33 Å². The molecule has 0 spiro atoms. The molecule has 0 fully saturated rings. The van der Waals surface area contributed by atoms with Crippen LogP contribution in [0.2, 0.25) is 0 Å². The van der Waals surface area contributed by atoms with Crippen molar-refractivity contribution in [2.75, 3.05) is 5.32 Å². The normalized spacial score (nSPS) is 11.3. The lowest BCUT2D eigenvalue weighted by Crippen LogP contribution is -2.38. The van der Waals surface area contributed by atoms with Crippen LogP contribution in [-0.2, 0) is 17.9 Å². The first-order chi connectivity index (χ1) is 15.3. The molecule has 0 aliphatic heterocycles. The third kappa shape index (κ3) is 4.22. The van der Waals surface area contributed by atoms with Crippen LogP contribution >= 0.6 is 0 Å². The average Bonchev–Trinajstić information content (AvgIpc) is 2.76. The zero-order chi connectivity index (χ0) is 22.8. The molecule has 0 atom stereocenters. The van der Waals surface area contributed by atoms with Gasteiger partial charge in [0, 0.05) is 12.2 Å². The van der Waals surface area contributed by atoms with E-state index in [4.69, 9.17) is 0 Å². The largest absolute Gasteiger partial charge is 0.329 e. The fraction of sp³-hybridized carbons (Fsp3) is 0.261. The first kappa shape index (κ1) is 21.2. The van der Waals surface area contributed by atoms with E-state index in [9.17, 15) is 19.2 Å². The number of amides is 1. The van der Waals surface area contributed by atoms with Crippen molar-refractivity contribution in [2.24, 2.45) is 5.92 Å². The highest BCUT2D eigenvalue weighted by atomic mass is 16.2. The smallest absolute Gasteiger partial charge is 0.325 e. The van der Waals surface area contributed by atoms with E-state index in [1.54, 1.807) is 47.0 Å². The van der Waals surface area contributed by atoms with Crippen molar-refractivity contribution in [3.63, 3.8) is 0 Å². The fourth-order valence-electron chi connectivity index (χ4n) is 3.48. The Labute approximate surface area is 182 Å². The SMILES string of the molecule is CC(C)CCn1cnc2ccc(NC(=O)Cn3c(=O)[nH]c4ccccc4c3=O)cc2c1=O. The van der Waals surface area contributed by atoms with Crippen molar-refractivity contribution in [1.82, 2.24) is 19.1 Å².